The average Bonchev–Trinajstić information content (AvgIpc) is 2.46. The molecule has 6 heteroatoms. The monoisotopic (exact) mass is 452 g/mol. The zero-order valence-corrected chi connectivity index (χ0v) is 16.0. The van der Waals surface area contributed by atoms with Gasteiger partial charge >= 0.3 is 0 Å². The van der Waals surface area contributed by atoms with Gasteiger partial charge in [-0.15, -0.1) is 0 Å². The van der Waals surface area contributed by atoms with Gasteiger partial charge in [-0.3, -0.25) is 0 Å². The molecule has 0 aliphatic heterocycles. The van der Waals surface area contributed by atoms with Crippen LogP contribution in [0.15, 0.2) is 34.8 Å². The third kappa shape index (κ3) is 3.50. The smallest absolute Gasteiger partial charge is 0.141 e. The van der Waals surface area contributed by atoms with E-state index in [1.54, 1.807) is 20.3 Å². The molecule has 1 atom stereocenters. The van der Waals surface area contributed by atoms with Gasteiger partial charge in [0, 0.05) is 15.6 Å². The molecule has 0 amide bonds. The molecule has 0 radical (unpaired) electrons. The van der Waals surface area contributed by atoms with Crippen LogP contribution in [0.2, 0.25) is 10.0 Å². The van der Waals surface area contributed by atoms with Crippen LogP contribution in [0.4, 0.5) is 0 Å². The van der Waals surface area contributed by atoms with Crippen molar-refractivity contribution in [1.29, 1.82) is 0 Å². The van der Waals surface area contributed by atoms with Crippen molar-refractivity contribution in [1.82, 2.24) is 0 Å². The van der Waals surface area contributed by atoms with Crippen LogP contribution in [0, 0.1) is 0 Å². The Morgan fingerprint density at radius 3 is 2.24 bits per heavy atom. The Morgan fingerprint density at radius 1 is 1.00 bits per heavy atom. The largest absolute Gasteiger partial charge is 0.495 e. The van der Waals surface area contributed by atoms with Crippen LogP contribution in [0.3, 0.4) is 0 Å². The van der Waals surface area contributed by atoms with Gasteiger partial charge < -0.3 is 9.47 Å². The number of ether oxygens (including phenoxy) is 2. The summed E-state index contributed by atoms with van der Waals surface area (Å²) in [5.74, 6) is 1.40. The fraction of sp³-hybridized carbons (Fsp3) is 0.200. The number of methoxy groups -OCH3 is 2. The van der Waals surface area contributed by atoms with Crippen molar-refractivity contribution in [2.75, 3.05) is 14.2 Å². The number of halogens is 4. The van der Waals surface area contributed by atoms with E-state index in [1.165, 1.54) is 0 Å². The minimum atomic E-state index is -0.126. The molecular weight excluding hydrogens is 443 g/mol. The van der Waals surface area contributed by atoms with Crippen molar-refractivity contribution in [3.8, 4) is 11.5 Å². The maximum Gasteiger partial charge on any atom is 0.141 e. The van der Waals surface area contributed by atoms with Crippen molar-refractivity contribution < 1.29 is 9.47 Å². The zero-order chi connectivity index (χ0) is 15.6. The normalized spacial score (nSPS) is 12.1. The summed E-state index contributed by atoms with van der Waals surface area (Å²) in [5, 5.41) is 1.20. The molecule has 0 aromatic heterocycles. The van der Waals surface area contributed by atoms with E-state index in [2.05, 4.69) is 31.9 Å². The average molecular weight is 455 g/mol. The fourth-order valence-electron chi connectivity index (χ4n) is 1.99. The molecule has 2 rings (SSSR count). The maximum atomic E-state index is 6.28. The summed E-state index contributed by atoms with van der Waals surface area (Å²) in [7, 11) is 3.23. The minimum absolute atomic E-state index is 0.126. The van der Waals surface area contributed by atoms with Crippen molar-refractivity contribution in [3.05, 3.63) is 56.0 Å². The SMILES string of the molecule is COc1ccc(C(Br)c2ccc(Cl)cc2Cl)c(OC)c1Br. The van der Waals surface area contributed by atoms with Gasteiger partial charge in [0.2, 0.25) is 0 Å². The van der Waals surface area contributed by atoms with E-state index >= 15 is 0 Å². The van der Waals surface area contributed by atoms with Gasteiger partial charge in [-0.25, -0.2) is 0 Å². The van der Waals surface area contributed by atoms with Crippen LogP contribution in [-0.2, 0) is 0 Å². The molecule has 2 aromatic carbocycles. The molecule has 0 fully saturated rings. The predicted octanol–water partition coefficient (Wildman–Crippen LogP) is 6.26. The van der Waals surface area contributed by atoms with Crippen LogP contribution in [0.5, 0.6) is 11.5 Å². The summed E-state index contributed by atoms with van der Waals surface area (Å²) in [5.41, 5.74) is 1.85. The second-order valence-corrected chi connectivity index (χ2v) is 6.78. The van der Waals surface area contributed by atoms with Crippen LogP contribution in [-0.4, -0.2) is 14.2 Å². The Bertz CT molecular complexity index is 662. The molecule has 0 spiro atoms. The van der Waals surface area contributed by atoms with Crippen LogP contribution in [0.1, 0.15) is 16.0 Å². The topological polar surface area (TPSA) is 18.5 Å². The molecule has 0 heterocycles. The lowest BCUT2D eigenvalue weighted by Crippen LogP contribution is -2.00. The molecule has 0 N–H and O–H groups in total. The molecule has 0 saturated heterocycles. The molecular formula is C15H12Br2Cl2O2. The molecule has 0 aliphatic rings. The van der Waals surface area contributed by atoms with Gasteiger partial charge in [0.25, 0.3) is 0 Å². The highest BCUT2D eigenvalue weighted by Gasteiger charge is 2.21. The summed E-state index contributed by atoms with van der Waals surface area (Å²) in [6.07, 6.45) is 0. The molecule has 0 aliphatic carbocycles. The molecule has 2 nitrogen and oxygen atoms in total. The standard InChI is InChI=1S/C15H12Br2Cl2O2/c1-20-12-6-5-10(15(21-2)14(12)17)13(16)9-4-3-8(18)7-11(9)19/h3-7,13H,1-2H3. The van der Waals surface area contributed by atoms with Crippen molar-refractivity contribution in [2.45, 2.75) is 4.83 Å². The van der Waals surface area contributed by atoms with E-state index in [0.717, 1.165) is 15.6 Å². The summed E-state index contributed by atoms with van der Waals surface area (Å²) in [4.78, 5) is -0.126. The van der Waals surface area contributed by atoms with E-state index in [-0.39, 0.29) is 4.83 Å². The third-order valence-corrected chi connectivity index (χ3v) is 5.32. The van der Waals surface area contributed by atoms with Crippen LogP contribution in [0.25, 0.3) is 0 Å². The highest BCUT2D eigenvalue weighted by Crippen LogP contribution is 2.45. The molecule has 112 valence electrons. The summed E-state index contributed by atoms with van der Waals surface area (Å²) in [6.45, 7) is 0. The number of alkyl halides is 1. The summed E-state index contributed by atoms with van der Waals surface area (Å²) < 4.78 is 11.5. The molecule has 0 bridgehead atoms. The van der Waals surface area contributed by atoms with E-state index in [4.69, 9.17) is 32.7 Å². The van der Waals surface area contributed by atoms with Gasteiger partial charge in [-0.2, -0.15) is 0 Å². The zero-order valence-electron chi connectivity index (χ0n) is 11.3. The van der Waals surface area contributed by atoms with Crippen molar-refractivity contribution >= 4 is 55.1 Å². The Labute approximate surface area is 150 Å². The first kappa shape index (κ1) is 16.9. The first-order valence-corrected chi connectivity index (χ1v) is 8.45. The first-order valence-electron chi connectivity index (χ1n) is 5.99. The second-order valence-electron chi connectivity index (χ2n) is 4.23. The van der Waals surface area contributed by atoms with Gasteiger partial charge in [0.15, 0.2) is 0 Å². The van der Waals surface area contributed by atoms with E-state index < -0.39 is 0 Å². The lowest BCUT2D eigenvalue weighted by atomic mass is 10.0. The Morgan fingerprint density at radius 2 is 1.67 bits per heavy atom. The van der Waals surface area contributed by atoms with Gasteiger partial charge in [-0.1, -0.05) is 51.3 Å². The minimum Gasteiger partial charge on any atom is -0.495 e. The number of hydrogen-bond donors (Lipinski definition) is 0. The number of hydrogen-bond acceptors (Lipinski definition) is 2. The molecule has 0 saturated carbocycles. The highest BCUT2D eigenvalue weighted by molar-refractivity contribution is 9.10. The van der Waals surface area contributed by atoms with Crippen LogP contribution >= 0.6 is 55.1 Å². The van der Waals surface area contributed by atoms with Gasteiger partial charge in [-0.05, 0) is 39.7 Å². The predicted molar refractivity (Wildman–Crippen MR) is 94.5 cm³/mol. The number of rotatable bonds is 4. The lowest BCUT2D eigenvalue weighted by molar-refractivity contribution is 0.386. The Hall–Kier alpha value is -0.420. The summed E-state index contributed by atoms with van der Waals surface area (Å²) in [6, 6.07) is 9.23. The maximum absolute atomic E-state index is 6.28. The van der Waals surface area contributed by atoms with E-state index in [1.807, 2.05) is 24.3 Å². The second kappa shape index (κ2) is 7.23. The Balaban J connectivity index is 2.52. The molecule has 21 heavy (non-hydrogen) atoms. The van der Waals surface area contributed by atoms with Crippen molar-refractivity contribution in [3.63, 3.8) is 0 Å². The van der Waals surface area contributed by atoms with E-state index in [9.17, 15) is 0 Å². The molecule has 1 unspecified atom stereocenters. The van der Waals surface area contributed by atoms with Crippen LogP contribution < -0.4 is 9.47 Å². The van der Waals surface area contributed by atoms with Crippen molar-refractivity contribution in [2.24, 2.45) is 0 Å². The highest BCUT2D eigenvalue weighted by atomic mass is 79.9. The molecule has 2 aromatic rings. The fourth-order valence-corrected chi connectivity index (χ4v) is 4.09. The third-order valence-electron chi connectivity index (χ3n) is 3.02. The lowest BCUT2D eigenvalue weighted by Gasteiger charge is -2.18. The van der Waals surface area contributed by atoms with E-state index in [0.29, 0.717) is 21.5 Å². The van der Waals surface area contributed by atoms with Gasteiger partial charge in [0.1, 0.15) is 16.0 Å². The number of benzene rings is 2. The Kier molecular flexibility index (Phi) is 5.83. The quantitative estimate of drug-likeness (QED) is 0.508. The first-order chi connectivity index (χ1) is 9.99. The van der Waals surface area contributed by atoms with Gasteiger partial charge in [0.05, 0.1) is 19.0 Å². The summed E-state index contributed by atoms with van der Waals surface area (Å²) >= 11 is 19.4.